The van der Waals surface area contributed by atoms with Crippen LogP contribution in [0.3, 0.4) is 0 Å². The lowest BCUT2D eigenvalue weighted by molar-refractivity contribution is 0.0516. The lowest BCUT2D eigenvalue weighted by atomic mass is 9.86. The molecule has 0 saturated carbocycles. The second-order valence-corrected chi connectivity index (χ2v) is 8.63. The number of benzene rings is 1. The van der Waals surface area contributed by atoms with Crippen molar-refractivity contribution in [1.82, 2.24) is 0 Å². The van der Waals surface area contributed by atoms with Crippen molar-refractivity contribution in [3.05, 3.63) is 23.3 Å². The van der Waals surface area contributed by atoms with Gasteiger partial charge in [-0.2, -0.15) is 0 Å². The Balaban J connectivity index is 1.80. The standard InChI is InChI=1S/C22H36O2/c1-16(2)8-6-9-17(3)10-7-12-22(5)13-11-19-20(23)14-18(4)15-21(19)24-22/h14-17,23H,6-13H2,1-5H3. The molecule has 2 heteroatoms. The first-order valence-electron chi connectivity index (χ1n) is 9.80. The summed E-state index contributed by atoms with van der Waals surface area (Å²) in [6.07, 6.45) is 9.61. The molecule has 0 aliphatic carbocycles. The summed E-state index contributed by atoms with van der Waals surface area (Å²) in [7, 11) is 0. The second-order valence-electron chi connectivity index (χ2n) is 8.63. The van der Waals surface area contributed by atoms with Crippen LogP contribution in [0, 0.1) is 18.8 Å². The van der Waals surface area contributed by atoms with Crippen LogP contribution in [0.15, 0.2) is 12.1 Å². The molecular formula is C22H36O2. The van der Waals surface area contributed by atoms with Crippen molar-refractivity contribution in [1.29, 1.82) is 0 Å². The van der Waals surface area contributed by atoms with E-state index in [0.717, 1.165) is 48.0 Å². The first-order chi connectivity index (χ1) is 11.3. The van der Waals surface area contributed by atoms with Crippen molar-refractivity contribution >= 4 is 0 Å². The normalized spacial score (nSPS) is 21.4. The number of aryl methyl sites for hydroxylation is 1. The fourth-order valence-electron chi connectivity index (χ4n) is 3.83. The third kappa shape index (κ3) is 5.43. The van der Waals surface area contributed by atoms with Crippen molar-refractivity contribution in [2.45, 2.75) is 91.6 Å². The van der Waals surface area contributed by atoms with Crippen LogP contribution in [0.4, 0.5) is 0 Å². The maximum Gasteiger partial charge on any atom is 0.127 e. The van der Waals surface area contributed by atoms with Crippen molar-refractivity contribution in [2.24, 2.45) is 11.8 Å². The SMILES string of the molecule is Cc1cc(O)c2c(c1)OC(C)(CCCC(C)CCCC(C)C)CC2. The van der Waals surface area contributed by atoms with Crippen LogP contribution in [0.2, 0.25) is 0 Å². The Kier molecular flexibility index (Phi) is 6.60. The predicted octanol–water partition coefficient (Wildman–Crippen LogP) is 6.42. The fraction of sp³-hybridized carbons (Fsp3) is 0.727. The molecule has 1 heterocycles. The van der Waals surface area contributed by atoms with E-state index in [1.165, 1.54) is 32.1 Å². The molecular weight excluding hydrogens is 296 g/mol. The Labute approximate surface area is 148 Å². The van der Waals surface area contributed by atoms with E-state index in [4.69, 9.17) is 4.74 Å². The molecule has 0 fully saturated rings. The molecule has 2 atom stereocenters. The Morgan fingerprint density at radius 3 is 2.54 bits per heavy atom. The lowest BCUT2D eigenvalue weighted by Crippen LogP contribution is -2.36. The van der Waals surface area contributed by atoms with Gasteiger partial charge in [0.1, 0.15) is 17.1 Å². The number of hydrogen-bond donors (Lipinski definition) is 1. The molecule has 0 spiro atoms. The van der Waals surface area contributed by atoms with Crippen LogP contribution in [-0.2, 0) is 6.42 Å². The minimum absolute atomic E-state index is 0.0785. The quantitative estimate of drug-likeness (QED) is 0.595. The highest BCUT2D eigenvalue weighted by Crippen LogP contribution is 2.40. The number of hydrogen-bond acceptors (Lipinski definition) is 2. The van der Waals surface area contributed by atoms with Crippen LogP contribution in [-0.4, -0.2) is 10.7 Å². The molecule has 2 rings (SSSR count). The lowest BCUT2D eigenvalue weighted by Gasteiger charge is -2.36. The highest BCUT2D eigenvalue weighted by Gasteiger charge is 2.32. The smallest absolute Gasteiger partial charge is 0.127 e. The molecule has 0 amide bonds. The van der Waals surface area contributed by atoms with Crippen LogP contribution in [0.25, 0.3) is 0 Å². The van der Waals surface area contributed by atoms with E-state index in [-0.39, 0.29) is 5.60 Å². The Morgan fingerprint density at radius 1 is 1.12 bits per heavy atom. The average molecular weight is 333 g/mol. The highest BCUT2D eigenvalue weighted by molar-refractivity contribution is 5.48. The van der Waals surface area contributed by atoms with Gasteiger partial charge in [-0.3, -0.25) is 0 Å². The van der Waals surface area contributed by atoms with Gasteiger partial charge in [-0.25, -0.2) is 0 Å². The van der Waals surface area contributed by atoms with Crippen molar-refractivity contribution < 1.29 is 9.84 Å². The van der Waals surface area contributed by atoms with Crippen molar-refractivity contribution in [3.63, 3.8) is 0 Å². The third-order valence-electron chi connectivity index (χ3n) is 5.47. The third-order valence-corrected chi connectivity index (χ3v) is 5.47. The van der Waals surface area contributed by atoms with Gasteiger partial charge < -0.3 is 9.84 Å². The predicted molar refractivity (Wildman–Crippen MR) is 102 cm³/mol. The van der Waals surface area contributed by atoms with E-state index in [0.29, 0.717) is 5.75 Å². The maximum atomic E-state index is 10.1. The van der Waals surface area contributed by atoms with Crippen LogP contribution in [0.5, 0.6) is 11.5 Å². The summed E-state index contributed by atoms with van der Waals surface area (Å²) in [6, 6.07) is 3.91. The minimum Gasteiger partial charge on any atom is -0.508 e. The molecule has 0 aromatic heterocycles. The summed E-state index contributed by atoms with van der Waals surface area (Å²) in [5.74, 6) is 2.93. The molecule has 0 bridgehead atoms. The molecule has 0 radical (unpaired) electrons. The summed E-state index contributed by atoms with van der Waals surface area (Å²) < 4.78 is 6.32. The zero-order valence-electron chi connectivity index (χ0n) is 16.3. The molecule has 1 aromatic carbocycles. The zero-order chi connectivity index (χ0) is 17.7. The van der Waals surface area contributed by atoms with Gasteiger partial charge in [0, 0.05) is 5.56 Å². The van der Waals surface area contributed by atoms with Gasteiger partial charge in [-0.05, 0) is 69.1 Å². The number of phenols is 1. The van der Waals surface area contributed by atoms with Crippen molar-refractivity contribution in [3.8, 4) is 11.5 Å². The molecule has 2 unspecified atom stereocenters. The minimum atomic E-state index is -0.0785. The van der Waals surface area contributed by atoms with E-state index in [1.54, 1.807) is 0 Å². The van der Waals surface area contributed by atoms with Gasteiger partial charge in [0.25, 0.3) is 0 Å². The van der Waals surface area contributed by atoms with E-state index in [9.17, 15) is 5.11 Å². The van der Waals surface area contributed by atoms with Gasteiger partial charge in [0.05, 0.1) is 0 Å². The molecule has 0 saturated heterocycles. The molecule has 1 aliphatic rings. The zero-order valence-corrected chi connectivity index (χ0v) is 16.3. The number of fused-ring (bicyclic) bond motifs is 1. The molecule has 1 aromatic rings. The van der Waals surface area contributed by atoms with E-state index < -0.39 is 0 Å². The van der Waals surface area contributed by atoms with Gasteiger partial charge in [0.2, 0.25) is 0 Å². The molecule has 1 aliphatic heterocycles. The van der Waals surface area contributed by atoms with E-state index >= 15 is 0 Å². The van der Waals surface area contributed by atoms with Gasteiger partial charge in [0.15, 0.2) is 0 Å². The molecule has 24 heavy (non-hydrogen) atoms. The van der Waals surface area contributed by atoms with E-state index in [2.05, 4.69) is 33.8 Å². The second kappa shape index (κ2) is 8.27. The number of aromatic hydroxyl groups is 1. The first kappa shape index (κ1) is 19.1. The number of phenolic OH excluding ortho intramolecular Hbond substituents is 1. The molecule has 1 N–H and O–H groups in total. The average Bonchev–Trinajstić information content (AvgIpc) is 2.45. The summed E-state index contributed by atoms with van der Waals surface area (Å²) in [5.41, 5.74) is 1.97. The van der Waals surface area contributed by atoms with Crippen LogP contribution in [0.1, 0.15) is 83.8 Å². The summed E-state index contributed by atoms with van der Waals surface area (Å²) in [4.78, 5) is 0. The highest BCUT2D eigenvalue weighted by atomic mass is 16.5. The van der Waals surface area contributed by atoms with E-state index in [1.807, 2.05) is 13.0 Å². The largest absolute Gasteiger partial charge is 0.508 e. The van der Waals surface area contributed by atoms with Crippen molar-refractivity contribution in [2.75, 3.05) is 0 Å². The van der Waals surface area contributed by atoms with Gasteiger partial charge >= 0.3 is 0 Å². The van der Waals surface area contributed by atoms with Crippen LogP contribution >= 0.6 is 0 Å². The molecule has 2 nitrogen and oxygen atoms in total. The van der Waals surface area contributed by atoms with Gasteiger partial charge in [-0.15, -0.1) is 0 Å². The van der Waals surface area contributed by atoms with Crippen LogP contribution < -0.4 is 4.74 Å². The Bertz CT molecular complexity index is 535. The van der Waals surface area contributed by atoms with Gasteiger partial charge in [-0.1, -0.05) is 46.5 Å². The molecule has 136 valence electrons. The maximum absolute atomic E-state index is 10.1. The number of rotatable bonds is 8. The monoisotopic (exact) mass is 332 g/mol. The topological polar surface area (TPSA) is 29.5 Å². The summed E-state index contributed by atoms with van der Waals surface area (Å²) in [6.45, 7) is 11.3. The number of ether oxygens (including phenoxy) is 1. The summed E-state index contributed by atoms with van der Waals surface area (Å²) in [5, 5.41) is 10.1. The summed E-state index contributed by atoms with van der Waals surface area (Å²) >= 11 is 0. The Hall–Kier alpha value is -1.18. The first-order valence-corrected chi connectivity index (χ1v) is 9.80. The Morgan fingerprint density at radius 2 is 1.83 bits per heavy atom. The fourth-order valence-corrected chi connectivity index (χ4v) is 3.83.